The van der Waals surface area contributed by atoms with Crippen molar-refractivity contribution in [1.29, 1.82) is 0 Å². The van der Waals surface area contributed by atoms with E-state index in [4.69, 9.17) is 14.2 Å². The van der Waals surface area contributed by atoms with Gasteiger partial charge in [0.05, 0.1) is 20.3 Å². The van der Waals surface area contributed by atoms with Gasteiger partial charge >= 0.3 is 11.9 Å². The Bertz CT molecular complexity index is 450. The van der Waals surface area contributed by atoms with Crippen LogP contribution in [0.15, 0.2) is 30.3 Å². The molecular weight excluding hydrogens is 264 g/mol. The number of carbonyl (C=O) groups is 2. The van der Waals surface area contributed by atoms with Crippen molar-refractivity contribution in [1.82, 2.24) is 0 Å². The standard InChI is InChI=1S/C14H16O6/c1-17-12(15)7-13(16)20-11-8-18-14(19-9-11)10-5-3-2-4-6-10/h2-6,11,14H,7-9H2,1H3. The van der Waals surface area contributed by atoms with Gasteiger partial charge in [0.25, 0.3) is 0 Å². The van der Waals surface area contributed by atoms with Gasteiger partial charge in [0, 0.05) is 5.56 Å². The van der Waals surface area contributed by atoms with Gasteiger partial charge in [-0.15, -0.1) is 0 Å². The fraction of sp³-hybridized carbons (Fsp3) is 0.429. The van der Waals surface area contributed by atoms with Crippen LogP contribution < -0.4 is 0 Å². The smallest absolute Gasteiger partial charge is 0.317 e. The molecule has 108 valence electrons. The van der Waals surface area contributed by atoms with E-state index in [1.165, 1.54) is 7.11 Å². The van der Waals surface area contributed by atoms with Crippen LogP contribution in [0.2, 0.25) is 0 Å². The van der Waals surface area contributed by atoms with Gasteiger partial charge in [0.1, 0.15) is 12.5 Å². The van der Waals surface area contributed by atoms with Crippen LogP contribution in [-0.4, -0.2) is 38.4 Å². The quantitative estimate of drug-likeness (QED) is 0.610. The summed E-state index contributed by atoms with van der Waals surface area (Å²) in [5, 5.41) is 0. The maximum atomic E-state index is 11.4. The molecule has 6 heteroatoms. The third-order valence-electron chi connectivity index (χ3n) is 2.75. The SMILES string of the molecule is COC(=O)CC(=O)OC1COC(c2ccccc2)OC1. The largest absolute Gasteiger partial charge is 0.469 e. The van der Waals surface area contributed by atoms with Crippen LogP contribution in [0.25, 0.3) is 0 Å². The summed E-state index contributed by atoms with van der Waals surface area (Å²) in [7, 11) is 1.22. The van der Waals surface area contributed by atoms with Gasteiger partial charge in [-0.1, -0.05) is 30.3 Å². The van der Waals surface area contributed by atoms with E-state index >= 15 is 0 Å². The summed E-state index contributed by atoms with van der Waals surface area (Å²) >= 11 is 0. The second kappa shape index (κ2) is 7.02. The average molecular weight is 280 g/mol. The zero-order valence-corrected chi connectivity index (χ0v) is 11.1. The predicted molar refractivity (Wildman–Crippen MR) is 67.6 cm³/mol. The Balaban J connectivity index is 1.77. The van der Waals surface area contributed by atoms with Crippen LogP contribution in [0.1, 0.15) is 18.3 Å². The summed E-state index contributed by atoms with van der Waals surface area (Å²) in [4.78, 5) is 22.3. The lowest BCUT2D eigenvalue weighted by molar-refractivity contribution is -0.229. The molecule has 1 saturated heterocycles. The zero-order chi connectivity index (χ0) is 14.4. The molecule has 1 aromatic carbocycles. The molecule has 1 heterocycles. The lowest BCUT2D eigenvalue weighted by atomic mass is 10.2. The van der Waals surface area contributed by atoms with Crippen LogP contribution in [-0.2, 0) is 28.5 Å². The lowest BCUT2D eigenvalue weighted by Gasteiger charge is -2.29. The normalized spacial score (nSPS) is 22.1. The van der Waals surface area contributed by atoms with E-state index in [2.05, 4.69) is 4.74 Å². The first kappa shape index (κ1) is 14.5. The van der Waals surface area contributed by atoms with Crippen molar-refractivity contribution in [3.05, 3.63) is 35.9 Å². The number of esters is 2. The van der Waals surface area contributed by atoms with E-state index < -0.39 is 30.8 Å². The highest BCUT2D eigenvalue weighted by atomic mass is 16.7. The van der Waals surface area contributed by atoms with Crippen molar-refractivity contribution in [2.75, 3.05) is 20.3 Å². The van der Waals surface area contributed by atoms with Crippen molar-refractivity contribution in [3.8, 4) is 0 Å². The van der Waals surface area contributed by atoms with Gasteiger partial charge in [0.2, 0.25) is 0 Å². The molecule has 1 fully saturated rings. The van der Waals surface area contributed by atoms with Crippen LogP contribution >= 0.6 is 0 Å². The van der Waals surface area contributed by atoms with E-state index in [9.17, 15) is 9.59 Å². The molecular formula is C14H16O6. The molecule has 0 unspecified atom stereocenters. The second-order valence-electron chi connectivity index (χ2n) is 4.27. The van der Waals surface area contributed by atoms with Gasteiger partial charge < -0.3 is 18.9 Å². The molecule has 0 N–H and O–H groups in total. The maximum Gasteiger partial charge on any atom is 0.317 e. The Kier molecular flexibility index (Phi) is 5.09. The first-order valence-electron chi connectivity index (χ1n) is 6.23. The average Bonchev–Trinajstić information content (AvgIpc) is 2.48. The summed E-state index contributed by atoms with van der Waals surface area (Å²) in [6, 6.07) is 9.49. The minimum atomic E-state index is -0.646. The van der Waals surface area contributed by atoms with Crippen molar-refractivity contribution in [3.63, 3.8) is 0 Å². The number of carbonyl (C=O) groups excluding carboxylic acids is 2. The molecule has 0 aromatic heterocycles. The summed E-state index contributed by atoms with van der Waals surface area (Å²) in [5.74, 6) is -1.28. The van der Waals surface area contributed by atoms with Crippen molar-refractivity contribution >= 4 is 11.9 Å². The molecule has 0 aliphatic carbocycles. The Labute approximate surface area is 116 Å². The van der Waals surface area contributed by atoms with Crippen LogP contribution in [0.5, 0.6) is 0 Å². The third-order valence-corrected chi connectivity index (χ3v) is 2.75. The predicted octanol–water partition coefficient (Wildman–Crippen LogP) is 1.21. The highest BCUT2D eigenvalue weighted by Gasteiger charge is 2.26. The molecule has 0 spiro atoms. The first-order valence-corrected chi connectivity index (χ1v) is 6.23. The molecule has 0 saturated carbocycles. The van der Waals surface area contributed by atoms with E-state index in [-0.39, 0.29) is 13.2 Å². The van der Waals surface area contributed by atoms with E-state index in [0.29, 0.717) is 0 Å². The Hall–Kier alpha value is -1.92. The van der Waals surface area contributed by atoms with Gasteiger partial charge in [0.15, 0.2) is 6.29 Å². The van der Waals surface area contributed by atoms with Crippen molar-refractivity contribution < 1.29 is 28.5 Å². The van der Waals surface area contributed by atoms with Crippen LogP contribution in [0, 0.1) is 0 Å². The van der Waals surface area contributed by atoms with Crippen LogP contribution in [0.3, 0.4) is 0 Å². The first-order chi connectivity index (χ1) is 9.69. The van der Waals surface area contributed by atoms with E-state index in [1.54, 1.807) is 0 Å². The third kappa shape index (κ3) is 4.04. The number of hydrogen-bond donors (Lipinski definition) is 0. The second-order valence-corrected chi connectivity index (χ2v) is 4.27. The summed E-state index contributed by atoms with van der Waals surface area (Å²) in [6.45, 7) is 0.457. The monoisotopic (exact) mass is 280 g/mol. The number of hydrogen-bond acceptors (Lipinski definition) is 6. The topological polar surface area (TPSA) is 71.1 Å². The van der Waals surface area contributed by atoms with Gasteiger partial charge in [-0.2, -0.15) is 0 Å². The highest BCUT2D eigenvalue weighted by Crippen LogP contribution is 2.23. The van der Waals surface area contributed by atoms with Crippen molar-refractivity contribution in [2.45, 2.75) is 18.8 Å². The zero-order valence-electron chi connectivity index (χ0n) is 11.1. The fourth-order valence-electron chi connectivity index (χ4n) is 1.77. The molecule has 20 heavy (non-hydrogen) atoms. The molecule has 2 rings (SSSR count). The minimum absolute atomic E-state index is 0.229. The molecule has 1 aliphatic rings. The Morgan fingerprint density at radius 3 is 2.40 bits per heavy atom. The minimum Gasteiger partial charge on any atom is -0.469 e. The maximum absolute atomic E-state index is 11.4. The van der Waals surface area contributed by atoms with Gasteiger partial charge in [-0.05, 0) is 0 Å². The molecule has 0 amide bonds. The Morgan fingerprint density at radius 2 is 1.80 bits per heavy atom. The molecule has 0 atom stereocenters. The summed E-state index contributed by atoms with van der Waals surface area (Å²) in [5.41, 5.74) is 0.909. The molecule has 1 aliphatic heterocycles. The fourth-order valence-corrected chi connectivity index (χ4v) is 1.77. The summed E-state index contributed by atoms with van der Waals surface area (Å²) < 4.78 is 20.4. The number of rotatable bonds is 4. The summed E-state index contributed by atoms with van der Waals surface area (Å²) in [6.07, 6.45) is -1.37. The molecule has 6 nitrogen and oxygen atoms in total. The number of benzene rings is 1. The lowest BCUT2D eigenvalue weighted by Crippen LogP contribution is -2.35. The highest BCUT2D eigenvalue weighted by molar-refractivity contribution is 5.91. The molecule has 0 bridgehead atoms. The Morgan fingerprint density at radius 1 is 1.15 bits per heavy atom. The van der Waals surface area contributed by atoms with Gasteiger partial charge in [-0.25, -0.2) is 0 Å². The van der Waals surface area contributed by atoms with E-state index in [0.717, 1.165) is 5.56 Å². The molecule has 0 radical (unpaired) electrons. The molecule has 1 aromatic rings. The van der Waals surface area contributed by atoms with Crippen molar-refractivity contribution in [2.24, 2.45) is 0 Å². The van der Waals surface area contributed by atoms with Crippen LogP contribution in [0.4, 0.5) is 0 Å². The number of methoxy groups -OCH3 is 1. The van der Waals surface area contributed by atoms with Gasteiger partial charge in [-0.3, -0.25) is 9.59 Å². The number of ether oxygens (including phenoxy) is 4. The van der Waals surface area contributed by atoms with E-state index in [1.807, 2.05) is 30.3 Å².